The average molecular weight is 331 g/mol. The lowest BCUT2D eigenvalue weighted by Gasteiger charge is -2.14. The fraction of sp³-hybridized carbons (Fsp3) is 0.133. The maximum absolute atomic E-state index is 5.71. The summed E-state index contributed by atoms with van der Waals surface area (Å²) in [7, 11) is 1.90. The minimum atomic E-state index is -0.107. The first kappa shape index (κ1) is 13.3. The number of aryl methyl sites for hydroxylation is 1. The zero-order chi connectivity index (χ0) is 14.1. The lowest BCUT2D eigenvalue weighted by Crippen LogP contribution is -2.29. The Bertz CT molecular complexity index is 750. The first-order chi connectivity index (χ1) is 9.67. The van der Waals surface area contributed by atoms with Crippen molar-refractivity contribution in [1.82, 2.24) is 15.2 Å². The largest absolute Gasteiger partial charge is 0.275 e. The number of hydrazine groups is 1. The van der Waals surface area contributed by atoms with Gasteiger partial charge >= 0.3 is 0 Å². The van der Waals surface area contributed by atoms with E-state index in [1.807, 2.05) is 25.4 Å². The predicted octanol–water partition coefficient (Wildman–Crippen LogP) is 2.89. The predicted molar refractivity (Wildman–Crippen MR) is 84.0 cm³/mol. The van der Waals surface area contributed by atoms with Crippen LogP contribution in [0.3, 0.4) is 0 Å². The van der Waals surface area contributed by atoms with Crippen LogP contribution in [0.2, 0.25) is 0 Å². The van der Waals surface area contributed by atoms with Crippen molar-refractivity contribution in [2.24, 2.45) is 12.9 Å². The summed E-state index contributed by atoms with van der Waals surface area (Å²) in [5.74, 6) is 5.71. The van der Waals surface area contributed by atoms with E-state index < -0.39 is 0 Å². The van der Waals surface area contributed by atoms with Crippen molar-refractivity contribution >= 4 is 26.7 Å². The topological polar surface area (TPSA) is 55.9 Å². The highest BCUT2D eigenvalue weighted by molar-refractivity contribution is 9.10. The molecule has 3 aromatic rings. The Morgan fingerprint density at radius 2 is 1.90 bits per heavy atom. The summed E-state index contributed by atoms with van der Waals surface area (Å²) >= 11 is 3.49. The molecule has 5 heteroatoms. The quantitative estimate of drug-likeness (QED) is 0.573. The van der Waals surface area contributed by atoms with Gasteiger partial charge in [-0.15, -0.1) is 0 Å². The first-order valence-electron chi connectivity index (χ1n) is 6.32. The van der Waals surface area contributed by atoms with E-state index in [0.29, 0.717) is 0 Å². The van der Waals surface area contributed by atoms with Crippen molar-refractivity contribution < 1.29 is 0 Å². The van der Waals surface area contributed by atoms with Gasteiger partial charge in [-0.3, -0.25) is 10.5 Å². The zero-order valence-corrected chi connectivity index (χ0v) is 12.6. The molecule has 0 amide bonds. The lowest BCUT2D eigenvalue weighted by atomic mass is 10.0. The van der Waals surface area contributed by atoms with E-state index in [2.05, 4.69) is 56.8 Å². The fourth-order valence-electron chi connectivity index (χ4n) is 2.35. The highest BCUT2D eigenvalue weighted by Crippen LogP contribution is 2.26. The number of halogens is 1. The summed E-state index contributed by atoms with van der Waals surface area (Å²) in [5, 5.41) is 6.80. The van der Waals surface area contributed by atoms with Crippen molar-refractivity contribution in [2.45, 2.75) is 6.04 Å². The van der Waals surface area contributed by atoms with E-state index in [1.165, 1.54) is 10.8 Å². The lowest BCUT2D eigenvalue weighted by molar-refractivity contribution is 0.604. The number of rotatable bonds is 3. The van der Waals surface area contributed by atoms with E-state index in [-0.39, 0.29) is 6.04 Å². The first-order valence-corrected chi connectivity index (χ1v) is 7.11. The normalized spacial score (nSPS) is 12.8. The van der Waals surface area contributed by atoms with Crippen LogP contribution >= 0.6 is 15.9 Å². The summed E-state index contributed by atoms with van der Waals surface area (Å²) in [4.78, 5) is 0. The minimum Gasteiger partial charge on any atom is -0.275 e. The Hall–Kier alpha value is -1.69. The van der Waals surface area contributed by atoms with Crippen LogP contribution in [0.25, 0.3) is 10.8 Å². The summed E-state index contributed by atoms with van der Waals surface area (Å²) < 4.78 is 2.86. The third-order valence-corrected chi connectivity index (χ3v) is 3.85. The van der Waals surface area contributed by atoms with Crippen molar-refractivity contribution in [2.75, 3.05) is 0 Å². The van der Waals surface area contributed by atoms with Crippen LogP contribution in [-0.2, 0) is 7.05 Å². The maximum Gasteiger partial charge on any atom is 0.0900 e. The number of nitrogens with one attached hydrogen (secondary N) is 1. The standard InChI is InChI=1S/C15H15BrN4/c1-20-7-6-14(19-20)15(18-17)12-3-2-11-9-13(16)5-4-10(11)8-12/h2-9,15,18H,17H2,1H3. The van der Waals surface area contributed by atoms with E-state index in [1.54, 1.807) is 4.68 Å². The molecule has 0 aliphatic heterocycles. The van der Waals surface area contributed by atoms with Crippen molar-refractivity contribution in [3.8, 4) is 0 Å². The van der Waals surface area contributed by atoms with Gasteiger partial charge in [-0.05, 0) is 40.6 Å². The van der Waals surface area contributed by atoms with Crippen LogP contribution in [0.5, 0.6) is 0 Å². The number of benzene rings is 2. The van der Waals surface area contributed by atoms with Gasteiger partial charge < -0.3 is 0 Å². The number of hydrogen-bond donors (Lipinski definition) is 2. The molecule has 0 bridgehead atoms. The summed E-state index contributed by atoms with van der Waals surface area (Å²) in [5.41, 5.74) is 4.85. The molecule has 1 atom stereocenters. The van der Waals surface area contributed by atoms with Gasteiger partial charge in [-0.2, -0.15) is 5.10 Å². The van der Waals surface area contributed by atoms with Crippen LogP contribution in [0, 0.1) is 0 Å². The molecule has 0 aliphatic rings. The van der Waals surface area contributed by atoms with Gasteiger partial charge in [0.1, 0.15) is 0 Å². The molecular formula is C15H15BrN4. The van der Waals surface area contributed by atoms with Crippen molar-refractivity contribution in [3.63, 3.8) is 0 Å². The fourth-order valence-corrected chi connectivity index (χ4v) is 2.73. The van der Waals surface area contributed by atoms with Crippen molar-refractivity contribution in [3.05, 3.63) is 64.4 Å². The van der Waals surface area contributed by atoms with Crippen LogP contribution in [0.1, 0.15) is 17.3 Å². The second-order valence-corrected chi connectivity index (χ2v) is 5.68. The smallest absolute Gasteiger partial charge is 0.0900 e. The molecule has 0 spiro atoms. The molecule has 1 heterocycles. The molecule has 0 saturated heterocycles. The molecule has 2 aromatic carbocycles. The molecule has 4 nitrogen and oxygen atoms in total. The molecule has 3 N–H and O–H groups in total. The molecule has 0 radical (unpaired) electrons. The molecule has 0 fully saturated rings. The third kappa shape index (κ3) is 2.47. The van der Waals surface area contributed by atoms with Crippen LogP contribution < -0.4 is 11.3 Å². The van der Waals surface area contributed by atoms with Crippen LogP contribution in [0.15, 0.2) is 53.1 Å². The van der Waals surface area contributed by atoms with E-state index >= 15 is 0 Å². The average Bonchev–Trinajstić information content (AvgIpc) is 2.86. The van der Waals surface area contributed by atoms with Gasteiger partial charge in [0.15, 0.2) is 0 Å². The Kier molecular flexibility index (Phi) is 3.56. The molecule has 1 aromatic heterocycles. The number of aromatic nitrogens is 2. The highest BCUT2D eigenvalue weighted by Gasteiger charge is 2.15. The summed E-state index contributed by atoms with van der Waals surface area (Å²) in [6.45, 7) is 0. The highest BCUT2D eigenvalue weighted by atomic mass is 79.9. The molecular weight excluding hydrogens is 316 g/mol. The summed E-state index contributed by atoms with van der Waals surface area (Å²) in [6.07, 6.45) is 1.91. The number of nitrogens with zero attached hydrogens (tertiary/aromatic N) is 2. The second-order valence-electron chi connectivity index (χ2n) is 4.76. The number of fused-ring (bicyclic) bond motifs is 1. The molecule has 20 heavy (non-hydrogen) atoms. The second kappa shape index (κ2) is 5.36. The van der Waals surface area contributed by atoms with E-state index in [9.17, 15) is 0 Å². The van der Waals surface area contributed by atoms with E-state index in [4.69, 9.17) is 5.84 Å². The Morgan fingerprint density at radius 1 is 1.15 bits per heavy atom. The summed E-state index contributed by atoms with van der Waals surface area (Å²) in [6, 6.07) is 14.4. The van der Waals surface area contributed by atoms with Gasteiger partial charge in [0.05, 0.1) is 11.7 Å². The Balaban J connectivity index is 2.05. The minimum absolute atomic E-state index is 0.107. The molecule has 3 rings (SSSR count). The molecule has 1 unspecified atom stereocenters. The molecule has 102 valence electrons. The molecule has 0 aliphatic carbocycles. The number of hydrogen-bond acceptors (Lipinski definition) is 3. The molecule has 0 saturated carbocycles. The van der Waals surface area contributed by atoms with Gasteiger partial charge in [0.25, 0.3) is 0 Å². The SMILES string of the molecule is Cn1ccc(C(NN)c2ccc3cc(Br)ccc3c2)n1. The Labute approximate surface area is 125 Å². The third-order valence-electron chi connectivity index (χ3n) is 3.36. The monoisotopic (exact) mass is 330 g/mol. The number of nitrogens with two attached hydrogens (primary N) is 1. The van der Waals surface area contributed by atoms with Crippen LogP contribution in [0.4, 0.5) is 0 Å². The van der Waals surface area contributed by atoms with Crippen molar-refractivity contribution in [1.29, 1.82) is 0 Å². The van der Waals surface area contributed by atoms with Gasteiger partial charge in [-0.1, -0.05) is 34.1 Å². The Morgan fingerprint density at radius 3 is 2.60 bits per heavy atom. The van der Waals surface area contributed by atoms with Gasteiger partial charge in [-0.25, -0.2) is 5.43 Å². The van der Waals surface area contributed by atoms with Gasteiger partial charge in [0, 0.05) is 17.7 Å². The zero-order valence-electron chi connectivity index (χ0n) is 11.0. The maximum atomic E-state index is 5.71. The van der Waals surface area contributed by atoms with Gasteiger partial charge in [0.2, 0.25) is 0 Å². The van der Waals surface area contributed by atoms with E-state index in [0.717, 1.165) is 15.7 Å². The van der Waals surface area contributed by atoms with Crippen LogP contribution in [-0.4, -0.2) is 9.78 Å².